The summed E-state index contributed by atoms with van der Waals surface area (Å²) in [7, 11) is 0. The van der Waals surface area contributed by atoms with Crippen LogP contribution in [0.5, 0.6) is 0 Å². The van der Waals surface area contributed by atoms with Crippen molar-refractivity contribution in [2.24, 2.45) is 5.10 Å². The van der Waals surface area contributed by atoms with Gasteiger partial charge in [0.15, 0.2) is 5.84 Å². The number of hydrogen-bond acceptors (Lipinski definition) is 3. The van der Waals surface area contributed by atoms with Gasteiger partial charge in [0.25, 0.3) is 0 Å². The van der Waals surface area contributed by atoms with E-state index in [1.54, 1.807) is 0 Å². The standard InChI is InChI=1S/C24H28N4/c1-2-9-18-28(17-8-1)26-24(27-19-16-25-20-27)23-13-7-6-12-22(23)15-14-21-10-4-3-5-11-21/h3-7,10-13,16,19-20H,1-2,8-9,14-15,17-18H2. The van der Waals surface area contributed by atoms with Crippen molar-refractivity contribution >= 4 is 5.84 Å². The fraction of sp³-hybridized carbons (Fsp3) is 0.333. The summed E-state index contributed by atoms with van der Waals surface area (Å²) in [4.78, 5) is 4.27. The molecule has 0 N–H and O–H groups in total. The van der Waals surface area contributed by atoms with Gasteiger partial charge in [-0.15, -0.1) is 0 Å². The average Bonchev–Trinajstić information content (AvgIpc) is 3.16. The lowest BCUT2D eigenvalue weighted by molar-refractivity contribution is 0.300. The van der Waals surface area contributed by atoms with Gasteiger partial charge in [-0.3, -0.25) is 9.58 Å². The number of aromatic nitrogens is 2. The maximum atomic E-state index is 5.10. The van der Waals surface area contributed by atoms with Gasteiger partial charge in [-0.25, -0.2) is 4.98 Å². The van der Waals surface area contributed by atoms with Crippen LogP contribution in [0.2, 0.25) is 0 Å². The molecule has 0 radical (unpaired) electrons. The Hall–Kier alpha value is -2.88. The van der Waals surface area contributed by atoms with Gasteiger partial charge in [0.2, 0.25) is 0 Å². The third-order valence-electron chi connectivity index (χ3n) is 5.35. The first-order valence-electron chi connectivity index (χ1n) is 10.3. The van der Waals surface area contributed by atoms with E-state index in [1.807, 2.05) is 23.3 Å². The van der Waals surface area contributed by atoms with Gasteiger partial charge in [0, 0.05) is 31.0 Å². The lowest BCUT2D eigenvalue weighted by atomic mass is 9.99. The van der Waals surface area contributed by atoms with Crippen molar-refractivity contribution in [3.05, 3.63) is 90.0 Å². The number of benzene rings is 2. The lowest BCUT2D eigenvalue weighted by Crippen LogP contribution is -2.24. The lowest BCUT2D eigenvalue weighted by Gasteiger charge is -2.20. The number of hydrogen-bond donors (Lipinski definition) is 0. The molecule has 1 aliphatic heterocycles. The van der Waals surface area contributed by atoms with Crippen molar-refractivity contribution in [1.82, 2.24) is 14.6 Å². The van der Waals surface area contributed by atoms with Crippen LogP contribution in [-0.2, 0) is 12.8 Å². The first-order valence-corrected chi connectivity index (χ1v) is 10.3. The molecule has 2 aromatic carbocycles. The van der Waals surface area contributed by atoms with Crippen LogP contribution in [0.3, 0.4) is 0 Å². The van der Waals surface area contributed by atoms with Gasteiger partial charge in [0.05, 0.1) is 0 Å². The van der Waals surface area contributed by atoms with Crippen molar-refractivity contribution in [3.63, 3.8) is 0 Å². The average molecular weight is 373 g/mol. The predicted molar refractivity (Wildman–Crippen MR) is 114 cm³/mol. The van der Waals surface area contributed by atoms with E-state index in [-0.39, 0.29) is 0 Å². The third-order valence-corrected chi connectivity index (χ3v) is 5.35. The first-order chi connectivity index (χ1) is 13.9. The summed E-state index contributed by atoms with van der Waals surface area (Å²) in [6.07, 6.45) is 12.7. The van der Waals surface area contributed by atoms with Crippen LogP contribution >= 0.6 is 0 Å². The van der Waals surface area contributed by atoms with Crippen molar-refractivity contribution in [2.75, 3.05) is 13.1 Å². The van der Waals surface area contributed by atoms with Gasteiger partial charge in [-0.05, 0) is 36.8 Å². The highest BCUT2D eigenvalue weighted by Gasteiger charge is 2.14. The smallest absolute Gasteiger partial charge is 0.165 e. The van der Waals surface area contributed by atoms with E-state index in [0.29, 0.717) is 0 Å². The van der Waals surface area contributed by atoms with Gasteiger partial charge in [0.1, 0.15) is 6.33 Å². The van der Waals surface area contributed by atoms with E-state index >= 15 is 0 Å². The van der Waals surface area contributed by atoms with Gasteiger partial charge < -0.3 is 0 Å². The molecule has 1 saturated heterocycles. The third kappa shape index (κ3) is 4.69. The van der Waals surface area contributed by atoms with Crippen molar-refractivity contribution in [2.45, 2.75) is 38.5 Å². The zero-order valence-electron chi connectivity index (χ0n) is 16.4. The monoisotopic (exact) mass is 372 g/mol. The summed E-state index contributed by atoms with van der Waals surface area (Å²) in [5.41, 5.74) is 3.89. The van der Waals surface area contributed by atoms with Crippen LogP contribution in [-0.4, -0.2) is 33.5 Å². The van der Waals surface area contributed by atoms with E-state index in [2.05, 4.69) is 64.6 Å². The molecule has 0 bridgehead atoms. The topological polar surface area (TPSA) is 33.4 Å². The number of aryl methyl sites for hydroxylation is 2. The van der Waals surface area contributed by atoms with Gasteiger partial charge >= 0.3 is 0 Å². The minimum atomic E-state index is 0.975. The SMILES string of the molecule is c1ccc(CCc2ccccc2C(=NN2CCCCCC2)n2ccnc2)cc1. The molecular weight excluding hydrogens is 344 g/mol. The zero-order valence-corrected chi connectivity index (χ0v) is 16.4. The molecule has 28 heavy (non-hydrogen) atoms. The highest BCUT2D eigenvalue weighted by atomic mass is 15.5. The molecule has 4 nitrogen and oxygen atoms in total. The summed E-state index contributed by atoms with van der Waals surface area (Å²) in [5.74, 6) is 0.975. The van der Waals surface area contributed by atoms with E-state index in [0.717, 1.165) is 31.8 Å². The van der Waals surface area contributed by atoms with Crippen molar-refractivity contribution in [3.8, 4) is 0 Å². The Bertz CT molecular complexity index is 876. The number of hydrazone groups is 1. The molecular formula is C24H28N4. The Morgan fingerprint density at radius 1 is 0.857 bits per heavy atom. The van der Waals surface area contributed by atoms with Gasteiger partial charge in [-0.1, -0.05) is 67.4 Å². The Labute approximate surface area is 167 Å². The Morgan fingerprint density at radius 2 is 1.61 bits per heavy atom. The maximum Gasteiger partial charge on any atom is 0.165 e. The molecule has 4 rings (SSSR count). The molecule has 1 aliphatic rings. The summed E-state index contributed by atoms with van der Waals surface area (Å²) in [6.45, 7) is 2.06. The molecule has 1 fully saturated rings. The molecule has 144 valence electrons. The minimum absolute atomic E-state index is 0.975. The van der Waals surface area contributed by atoms with E-state index < -0.39 is 0 Å². The molecule has 0 unspecified atom stereocenters. The molecule has 2 heterocycles. The van der Waals surface area contributed by atoms with Crippen LogP contribution in [0, 0.1) is 0 Å². The number of imidazole rings is 1. The quantitative estimate of drug-likeness (QED) is 0.478. The van der Waals surface area contributed by atoms with Crippen LogP contribution in [0.15, 0.2) is 78.4 Å². The zero-order chi connectivity index (χ0) is 19.0. The first kappa shape index (κ1) is 18.5. The van der Waals surface area contributed by atoms with Crippen molar-refractivity contribution in [1.29, 1.82) is 0 Å². The van der Waals surface area contributed by atoms with Crippen molar-refractivity contribution < 1.29 is 0 Å². The molecule has 0 amide bonds. The van der Waals surface area contributed by atoms with Gasteiger partial charge in [-0.2, -0.15) is 5.10 Å². The molecule has 0 saturated carbocycles. The Kier molecular flexibility index (Phi) is 6.18. The molecule has 0 aliphatic carbocycles. The maximum absolute atomic E-state index is 5.10. The summed E-state index contributed by atoms with van der Waals surface area (Å²) in [6, 6.07) is 19.3. The number of rotatable bonds is 5. The molecule has 0 atom stereocenters. The van der Waals surface area contributed by atoms with Crippen LogP contribution < -0.4 is 0 Å². The molecule has 3 aromatic rings. The summed E-state index contributed by atoms with van der Waals surface area (Å²) >= 11 is 0. The highest BCUT2D eigenvalue weighted by molar-refractivity contribution is 6.01. The number of nitrogens with zero attached hydrogens (tertiary/aromatic N) is 4. The van der Waals surface area contributed by atoms with E-state index in [1.165, 1.54) is 42.4 Å². The Morgan fingerprint density at radius 3 is 2.36 bits per heavy atom. The van der Waals surface area contributed by atoms with Crippen LogP contribution in [0.1, 0.15) is 42.4 Å². The highest BCUT2D eigenvalue weighted by Crippen LogP contribution is 2.17. The predicted octanol–water partition coefficient (Wildman–Crippen LogP) is 4.75. The normalized spacial score (nSPS) is 15.4. The molecule has 1 aromatic heterocycles. The van der Waals surface area contributed by atoms with Crippen LogP contribution in [0.4, 0.5) is 0 Å². The molecule has 4 heteroatoms. The fourth-order valence-corrected chi connectivity index (χ4v) is 3.80. The minimum Gasteiger partial charge on any atom is -0.295 e. The van der Waals surface area contributed by atoms with Crippen LogP contribution in [0.25, 0.3) is 0 Å². The molecule has 0 spiro atoms. The van der Waals surface area contributed by atoms with E-state index in [9.17, 15) is 0 Å². The second-order valence-electron chi connectivity index (χ2n) is 7.40. The largest absolute Gasteiger partial charge is 0.295 e. The summed E-state index contributed by atoms with van der Waals surface area (Å²) in [5, 5.41) is 7.34. The summed E-state index contributed by atoms with van der Waals surface area (Å²) < 4.78 is 2.05. The second-order valence-corrected chi connectivity index (χ2v) is 7.40. The second kappa shape index (κ2) is 9.36. The Balaban J connectivity index is 1.64. The van der Waals surface area contributed by atoms with E-state index in [4.69, 9.17) is 5.10 Å². The fourth-order valence-electron chi connectivity index (χ4n) is 3.80.